The van der Waals surface area contributed by atoms with Gasteiger partial charge in [0.1, 0.15) is 0 Å². The van der Waals surface area contributed by atoms with Crippen LogP contribution >= 0.6 is 0 Å². The first kappa shape index (κ1) is 12.3. The van der Waals surface area contributed by atoms with Gasteiger partial charge in [0.15, 0.2) is 0 Å². The standard InChI is InChI=1S/C14H22O/c1-6-14(5,15)12-9-7-11(8-10-12)13(2,3)4/h7-10,15H,6H2,1-5H3/t14-/m0/s1. The van der Waals surface area contributed by atoms with Gasteiger partial charge < -0.3 is 5.11 Å². The monoisotopic (exact) mass is 206 g/mol. The maximum atomic E-state index is 10.1. The van der Waals surface area contributed by atoms with Crippen molar-refractivity contribution in [3.8, 4) is 0 Å². The molecule has 0 bridgehead atoms. The molecule has 0 fully saturated rings. The molecule has 0 aliphatic heterocycles. The second-order valence-corrected chi connectivity index (χ2v) is 5.45. The van der Waals surface area contributed by atoms with E-state index in [9.17, 15) is 5.11 Å². The fourth-order valence-corrected chi connectivity index (χ4v) is 1.53. The van der Waals surface area contributed by atoms with E-state index in [1.165, 1.54) is 5.56 Å². The average molecular weight is 206 g/mol. The van der Waals surface area contributed by atoms with Crippen LogP contribution in [0.25, 0.3) is 0 Å². The number of rotatable bonds is 2. The molecule has 0 saturated carbocycles. The van der Waals surface area contributed by atoms with Crippen LogP contribution in [0.4, 0.5) is 0 Å². The summed E-state index contributed by atoms with van der Waals surface area (Å²) >= 11 is 0. The predicted molar refractivity (Wildman–Crippen MR) is 65.0 cm³/mol. The Morgan fingerprint density at radius 2 is 1.33 bits per heavy atom. The van der Waals surface area contributed by atoms with Crippen LogP contribution in [-0.2, 0) is 11.0 Å². The Labute approximate surface area is 93.1 Å². The summed E-state index contributed by atoms with van der Waals surface area (Å²) in [4.78, 5) is 0. The Kier molecular flexibility index (Phi) is 3.25. The molecule has 0 aliphatic carbocycles. The lowest BCUT2D eigenvalue weighted by molar-refractivity contribution is 0.0530. The molecule has 1 aromatic rings. The van der Waals surface area contributed by atoms with Gasteiger partial charge in [-0.3, -0.25) is 0 Å². The van der Waals surface area contributed by atoms with E-state index < -0.39 is 5.60 Å². The SMILES string of the molecule is CC[C@](C)(O)c1ccc(C(C)(C)C)cc1. The summed E-state index contributed by atoms with van der Waals surface area (Å²) in [6, 6.07) is 8.28. The Hall–Kier alpha value is -0.820. The van der Waals surface area contributed by atoms with Crippen LogP contribution in [0, 0.1) is 0 Å². The summed E-state index contributed by atoms with van der Waals surface area (Å²) in [7, 11) is 0. The highest BCUT2D eigenvalue weighted by Gasteiger charge is 2.21. The molecule has 1 atom stereocenters. The first-order valence-electron chi connectivity index (χ1n) is 5.61. The van der Waals surface area contributed by atoms with E-state index in [0.29, 0.717) is 0 Å². The largest absolute Gasteiger partial charge is 0.385 e. The van der Waals surface area contributed by atoms with E-state index in [1.54, 1.807) is 0 Å². The van der Waals surface area contributed by atoms with Crippen LogP contribution < -0.4 is 0 Å². The van der Waals surface area contributed by atoms with Crippen LogP contribution in [0.5, 0.6) is 0 Å². The van der Waals surface area contributed by atoms with E-state index in [0.717, 1.165) is 12.0 Å². The van der Waals surface area contributed by atoms with Crippen molar-refractivity contribution >= 4 is 0 Å². The normalized spacial score (nSPS) is 16.1. The predicted octanol–water partition coefficient (Wildman–Crippen LogP) is 3.60. The third kappa shape index (κ3) is 2.82. The van der Waals surface area contributed by atoms with Crippen molar-refractivity contribution in [2.75, 3.05) is 0 Å². The van der Waals surface area contributed by atoms with Crippen molar-refractivity contribution in [3.05, 3.63) is 35.4 Å². The third-order valence-corrected chi connectivity index (χ3v) is 3.06. The highest BCUT2D eigenvalue weighted by molar-refractivity contribution is 5.30. The zero-order valence-corrected chi connectivity index (χ0v) is 10.5. The van der Waals surface area contributed by atoms with Crippen LogP contribution in [0.1, 0.15) is 52.2 Å². The molecule has 1 rings (SSSR count). The minimum absolute atomic E-state index is 0.177. The molecule has 0 aromatic heterocycles. The summed E-state index contributed by atoms with van der Waals surface area (Å²) in [6.07, 6.45) is 0.738. The van der Waals surface area contributed by atoms with Gasteiger partial charge in [0.05, 0.1) is 5.60 Å². The molecule has 1 nitrogen and oxygen atoms in total. The van der Waals surface area contributed by atoms with Crippen LogP contribution in [0.15, 0.2) is 24.3 Å². The molecule has 0 aliphatic rings. The molecule has 1 aromatic carbocycles. The molecule has 0 spiro atoms. The second kappa shape index (κ2) is 3.97. The van der Waals surface area contributed by atoms with Gasteiger partial charge >= 0.3 is 0 Å². The van der Waals surface area contributed by atoms with Gasteiger partial charge in [0, 0.05) is 0 Å². The molecule has 84 valence electrons. The lowest BCUT2D eigenvalue weighted by Crippen LogP contribution is -2.20. The van der Waals surface area contributed by atoms with Crippen LogP contribution in [0.3, 0.4) is 0 Å². The molecule has 15 heavy (non-hydrogen) atoms. The fraction of sp³-hybridized carbons (Fsp3) is 0.571. The van der Waals surface area contributed by atoms with Crippen molar-refractivity contribution < 1.29 is 5.11 Å². The number of hydrogen-bond acceptors (Lipinski definition) is 1. The zero-order valence-electron chi connectivity index (χ0n) is 10.5. The van der Waals surface area contributed by atoms with Gasteiger partial charge in [-0.05, 0) is 29.9 Å². The number of aliphatic hydroxyl groups is 1. The Morgan fingerprint density at radius 3 is 1.67 bits per heavy atom. The Balaban J connectivity index is 3.01. The van der Waals surface area contributed by atoms with Gasteiger partial charge in [-0.25, -0.2) is 0 Å². The molecule has 1 heteroatoms. The third-order valence-electron chi connectivity index (χ3n) is 3.06. The van der Waals surface area contributed by atoms with Crippen molar-refractivity contribution in [1.29, 1.82) is 0 Å². The quantitative estimate of drug-likeness (QED) is 0.784. The summed E-state index contributed by atoms with van der Waals surface area (Å²) in [6.45, 7) is 10.4. The first-order chi connectivity index (χ1) is 6.77. The smallest absolute Gasteiger partial charge is 0.0865 e. The molecular weight excluding hydrogens is 184 g/mol. The molecule has 0 heterocycles. The molecule has 0 unspecified atom stereocenters. The van der Waals surface area contributed by atoms with E-state index in [-0.39, 0.29) is 5.41 Å². The average Bonchev–Trinajstić information content (AvgIpc) is 2.17. The van der Waals surface area contributed by atoms with E-state index >= 15 is 0 Å². The fourth-order valence-electron chi connectivity index (χ4n) is 1.53. The van der Waals surface area contributed by atoms with Gasteiger partial charge in [-0.2, -0.15) is 0 Å². The molecule has 0 amide bonds. The maximum absolute atomic E-state index is 10.1. The van der Waals surface area contributed by atoms with E-state index in [4.69, 9.17) is 0 Å². The maximum Gasteiger partial charge on any atom is 0.0865 e. The Morgan fingerprint density at radius 1 is 0.933 bits per heavy atom. The lowest BCUT2D eigenvalue weighted by atomic mass is 9.84. The molecule has 0 radical (unpaired) electrons. The summed E-state index contributed by atoms with van der Waals surface area (Å²) < 4.78 is 0. The van der Waals surface area contributed by atoms with Crippen molar-refractivity contribution in [3.63, 3.8) is 0 Å². The highest BCUT2D eigenvalue weighted by atomic mass is 16.3. The number of benzene rings is 1. The van der Waals surface area contributed by atoms with E-state index in [2.05, 4.69) is 32.9 Å². The van der Waals surface area contributed by atoms with Gasteiger partial charge in [0.25, 0.3) is 0 Å². The van der Waals surface area contributed by atoms with Gasteiger partial charge in [-0.15, -0.1) is 0 Å². The van der Waals surface area contributed by atoms with Crippen molar-refractivity contribution in [2.24, 2.45) is 0 Å². The van der Waals surface area contributed by atoms with E-state index in [1.807, 2.05) is 26.0 Å². The summed E-state index contributed by atoms with van der Waals surface area (Å²) in [5, 5.41) is 10.1. The summed E-state index contributed by atoms with van der Waals surface area (Å²) in [5.41, 5.74) is 1.78. The van der Waals surface area contributed by atoms with Crippen LogP contribution in [-0.4, -0.2) is 5.11 Å². The minimum Gasteiger partial charge on any atom is -0.385 e. The van der Waals surface area contributed by atoms with Gasteiger partial charge in [0.2, 0.25) is 0 Å². The molecule has 1 N–H and O–H groups in total. The topological polar surface area (TPSA) is 20.2 Å². The highest BCUT2D eigenvalue weighted by Crippen LogP contribution is 2.27. The summed E-state index contributed by atoms with van der Waals surface area (Å²) in [5.74, 6) is 0. The first-order valence-corrected chi connectivity index (χ1v) is 5.61. The van der Waals surface area contributed by atoms with Crippen LogP contribution in [0.2, 0.25) is 0 Å². The van der Waals surface area contributed by atoms with Crippen molar-refractivity contribution in [2.45, 2.75) is 52.1 Å². The van der Waals surface area contributed by atoms with Gasteiger partial charge in [-0.1, -0.05) is 52.0 Å². The number of hydrogen-bond donors (Lipinski definition) is 1. The lowest BCUT2D eigenvalue weighted by Gasteiger charge is -2.24. The van der Waals surface area contributed by atoms with Crippen molar-refractivity contribution in [1.82, 2.24) is 0 Å². The minimum atomic E-state index is -0.698. The zero-order chi connectivity index (χ0) is 11.7. The Bertz CT molecular complexity index is 314. The molecule has 0 saturated heterocycles. The second-order valence-electron chi connectivity index (χ2n) is 5.45. The molecular formula is C14H22O.